The number of nitrogens with one attached hydrogen (secondary N) is 1. The van der Waals surface area contributed by atoms with E-state index >= 15 is 0 Å². The first-order valence-corrected chi connectivity index (χ1v) is 4.35. The summed E-state index contributed by atoms with van der Waals surface area (Å²) in [5.74, 6) is 2.88. The normalized spacial score (nSPS) is 12.0. The van der Waals surface area contributed by atoms with E-state index in [9.17, 15) is 0 Å². The van der Waals surface area contributed by atoms with Gasteiger partial charge in [-0.1, -0.05) is 12.8 Å². The highest BCUT2D eigenvalue weighted by Gasteiger charge is 2.04. The maximum absolute atomic E-state index is 5.33. The lowest BCUT2D eigenvalue weighted by atomic mass is 10.2. The number of hydrogen-bond acceptors (Lipinski definition) is 5. The van der Waals surface area contributed by atoms with Gasteiger partial charge in [-0.3, -0.25) is 0 Å². The molecule has 1 rings (SSSR count). The van der Waals surface area contributed by atoms with E-state index in [1.165, 1.54) is 11.5 Å². The minimum atomic E-state index is 0.0114. The van der Waals surface area contributed by atoms with Crippen molar-refractivity contribution in [3.63, 3.8) is 0 Å². The maximum Gasteiger partial charge on any atom is 0.233 e. The molecule has 3 N–H and O–H groups in total. The lowest BCUT2D eigenvalue weighted by molar-refractivity contribution is 0.856. The van der Waals surface area contributed by atoms with E-state index < -0.39 is 0 Å². The van der Waals surface area contributed by atoms with E-state index in [-0.39, 0.29) is 12.0 Å². The summed E-state index contributed by atoms with van der Waals surface area (Å²) in [6, 6.07) is 0.0114. The van der Waals surface area contributed by atoms with Crippen molar-refractivity contribution in [3.8, 4) is 12.3 Å². The zero-order valence-electron chi connectivity index (χ0n) is 6.74. The van der Waals surface area contributed by atoms with Gasteiger partial charge in [-0.25, -0.2) is 0 Å². The van der Waals surface area contributed by atoms with Crippen molar-refractivity contribution in [2.75, 3.05) is 11.1 Å². The van der Waals surface area contributed by atoms with E-state index in [1.807, 2.05) is 6.92 Å². The molecule has 0 amide bonds. The van der Waals surface area contributed by atoms with Crippen LogP contribution in [0, 0.1) is 12.3 Å². The van der Waals surface area contributed by atoms with E-state index in [2.05, 4.69) is 20.6 Å². The minimum absolute atomic E-state index is 0.0114. The molecule has 0 saturated heterocycles. The van der Waals surface area contributed by atoms with E-state index in [4.69, 9.17) is 12.2 Å². The molecule has 1 aromatic heterocycles. The SMILES string of the molecule is C#CC(CC)Nc1nc(N)ns1. The Bertz CT molecular complexity index is 288. The van der Waals surface area contributed by atoms with Gasteiger partial charge in [-0.05, 0) is 6.42 Å². The molecule has 0 bridgehead atoms. The van der Waals surface area contributed by atoms with Crippen LogP contribution >= 0.6 is 11.5 Å². The summed E-state index contributed by atoms with van der Waals surface area (Å²) >= 11 is 1.22. The fourth-order valence-electron chi connectivity index (χ4n) is 0.704. The van der Waals surface area contributed by atoms with Gasteiger partial charge in [0.25, 0.3) is 0 Å². The van der Waals surface area contributed by atoms with Crippen LogP contribution in [0.15, 0.2) is 0 Å². The molecule has 0 fully saturated rings. The molecule has 12 heavy (non-hydrogen) atoms. The van der Waals surface area contributed by atoms with Crippen LogP contribution in [0.25, 0.3) is 0 Å². The Balaban J connectivity index is 2.58. The summed E-state index contributed by atoms with van der Waals surface area (Å²) in [6.07, 6.45) is 6.11. The Hall–Kier alpha value is -1.28. The van der Waals surface area contributed by atoms with Crippen molar-refractivity contribution < 1.29 is 0 Å². The molecule has 1 heterocycles. The predicted octanol–water partition coefficient (Wildman–Crippen LogP) is 0.944. The molecule has 0 aliphatic carbocycles. The number of nitrogen functional groups attached to an aromatic ring is 1. The standard InChI is InChI=1S/C7H10N4S/c1-3-5(4-2)9-7-10-6(8)11-12-7/h1,5H,4H2,2H3,(H3,8,9,10,11). The van der Waals surface area contributed by atoms with Gasteiger partial charge in [0.1, 0.15) is 0 Å². The van der Waals surface area contributed by atoms with Crippen molar-refractivity contribution >= 4 is 22.6 Å². The van der Waals surface area contributed by atoms with Crippen molar-refractivity contribution in [2.45, 2.75) is 19.4 Å². The summed E-state index contributed by atoms with van der Waals surface area (Å²) in [7, 11) is 0. The highest BCUT2D eigenvalue weighted by Crippen LogP contribution is 2.13. The van der Waals surface area contributed by atoms with Gasteiger partial charge in [0.2, 0.25) is 11.1 Å². The van der Waals surface area contributed by atoms with Crippen LogP contribution in [0.2, 0.25) is 0 Å². The lowest BCUT2D eigenvalue weighted by Crippen LogP contribution is -2.15. The molecule has 4 nitrogen and oxygen atoms in total. The monoisotopic (exact) mass is 182 g/mol. The molecule has 0 aliphatic rings. The topological polar surface area (TPSA) is 63.8 Å². The molecular formula is C7H10N4S. The number of nitrogens with two attached hydrogens (primary N) is 1. The second kappa shape index (κ2) is 3.93. The molecule has 0 radical (unpaired) electrons. The Morgan fingerprint density at radius 1 is 1.83 bits per heavy atom. The van der Waals surface area contributed by atoms with Crippen molar-refractivity contribution in [1.29, 1.82) is 0 Å². The molecule has 5 heteroatoms. The van der Waals surface area contributed by atoms with Crippen LogP contribution in [0.3, 0.4) is 0 Å². The van der Waals surface area contributed by atoms with E-state index in [1.54, 1.807) is 0 Å². The molecule has 1 unspecified atom stereocenters. The zero-order valence-corrected chi connectivity index (χ0v) is 7.56. The van der Waals surface area contributed by atoms with Crippen LogP contribution in [-0.2, 0) is 0 Å². The number of nitrogens with zero attached hydrogens (tertiary/aromatic N) is 2. The van der Waals surface area contributed by atoms with Crippen molar-refractivity contribution in [2.24, 2.45) is 0 Å². The highest BCUT2D eigenvalue weighted by atomic mass is 32.1. The van der Waals surface area contributed by atoms with Crippen LogP contribution in [0.1, 0.15) is 13.3 Å². The predicted molar refractivity (Wildman–Crippen MR) is 50.9 cm³/mol. The van der Waals surface area contributed by atoms with Crippen LogP contribution < -0.4 is 11.1 Å². The summed E-state index contributed by atoms with van der Waals surface area (Å²) in [4.78, 5) is 3.92. The second-order valence-corrected chi connectivity index (χ2v) is 2.98. The average Bonchev–Trinajstić information content (AvgIpc) is 2.47. The quantitative estimate of drug-likeness (QED) is 0.683. The molecule has 1 atom stereocenters. The zero-order chi connectivity index (χ0) is 8.97. The highest BCUT2D eigenvalue weighted by molar-refractivity contribution is 7.09. The largest absolute Gasteiger partial charge is 0.367 e. The van der Waals surface area contributed by atoms with Crippen LogP contribution in [0.5, 0.6) is 0 Å². The Labute approximate surface area is 75.4 Å². The third-order valence-corrected chi connectivity index (χ3v) is 2.01. The van der Waals surface area contributed by atoms with Gasteiger partial charge >= 0.3 is 0 Å². The summed E-state index contributed by atoms with van der Waals surface area (Å²) < 4.78 is 3.82. The maximum atomic E-state index is 5.33. The van der Waals surface area contributed by atoms with Crippen LogP contribution in [-0.4, -0.2) is 15.4 Å². The first-order chi connectivity index (χ1) is 5.76. The molecule has 0 aliphatic heterocycles. The number of hydrogen-bond donors (Lipinski definition) is 2. The van der Waals surface area contributed by atoms with Crippen molar-refractivity contribution in [3.05, 3.63) is 0 Å². The first kappa shape index (κ1) is 8.81. The summed E-state index contributed by atoms with van der Waals surface area (Å²) in [5, 5.41) is 3.71. The first-order valence-electron chi connectivity index (χ1n) is 3.58. The average molecular weight is 182 g/mol. The van der Waals surface area contributed by atoms with E-state index in [0.717, 1.165) is 6.42 Å². The van der Waals surface area contributed by atoms with Gasteiger partial charge in [0.15, 0.2) is 0 Å². The van der Waals surface area contributed by atoms with Gasteiger partial charge in [0.05, 0.1) is 6.04 Å². The number of terminal acetylenes is 1. The van der Waals surface area contributed by atoms with Crippen molar-refractivity contribution in [1.82, 2.24) is 9.36 Å². The molecular weight excluding hydrogens is 172 g/mol. The Kier molecular flexibility index (Phi) is 2.88. The van der Waals surface area contributed by atoms with Gasteiger partial charge in [0, 0.05) is 11.5 Å². The lowest BCUT2D eigenvalue weighted by Gasteiger charge is -2.06. The molecule has 0 spiro atoms. The Morgan fingerprint density at radius 2 is 2.58 bits per heavy atom. The third-order valence-electron chi connectivity index (χ3n) is 1.35. The van der Waals surface area contributed by atoms with Gasteiger partial charge in [-0.15, -0.1) is 6.42 Å². The smallest absolute Gasteiger partial charge is 0.233 e. The second-order valence-electron chi connectivity index (χ2n) is 2.23. The summed E-state index contributed by atoms with van der Waals surface area (Å²) in [6.45, 7) is 2.00. The minimum Gasteiger partial charge on any atom is -0.367 e. The number of anilines is 2. The fraction of sp³-hybridized carbons (Fsp3) is 0.429. The fourth-order valence-corrected chi connectivity index (χ4v) is 1.25. The molecule has 1 aromatic rings. The number of rotatable bonds is 3. The molecule has 64 valence electrons. The molecule has 0 aromatic carbocycles. The Morgan fingerprint density at radius 3 is 3.00 bits per heavy atom. The van der Waals surface area contributed by atoms with Crippen LogP contribution in [0.4, 0.5) is 11.1 Å². The third kappa shape index (κ3) is 2.10. The van der Waals surface area contributed by atoms with E-state index in [0.29, 0.717) is 5.13 Å². The summed E-state index contributed by atoms with van der Waals surface area (Å²) in [5.41, 5.74) is 5.33. The molecule has 0 saturated carbocycles. The van der Waals surface area contributed by atoms with Gasteiger partial charge in [-0.2, -0.15) is 9.36 Å². The number of aromatic nitrogens is 2. The van der Waals surface area contributed by atoms with Gasteiger partial charge < -0.3 is 11.1 Å².